The average molecular weight is 496 g/mol. The van der Waals surface area contributed by atoms with E-state index < -0.39 is 0 Å². The lowest BCUT2D eigenvalue weighted by Crippen LogP contribution is -2.39. The molecule has 1 saturated carbocycles. The number of hydrogen-bond donors (Lipinski definition) is 3. The van der Waals surface area contributed by atoms with Gasteiger partial charge < -0.3 is 21.1 Å². The largest absolute Gasteiger partial charge is 0.497 e. The molecule has 184 valence electrons. The number of nitrogens with two attached hydrogens (primary N) is 1. The molecule has 0 bridgehead atoms. The third-order valence-electron chi connectivity index (χ3n) is 7.06. The van der Waals surface area contributed by atoms with Crippen LogP contribution < -0.4 is 21.1 Å². The first-order valence-corrected chi connectivity index (χ1v) is 13.0. The number of amides is 1. The van der Waals surface area contributed by atoms with Crippen molar-refractivity contribution in [2.24, 2.45) is 11.7 Å². The highest BCUT2D eigenvalue weighted by molar-refractivity contribution is 8.00. The van der Waals surface area contributed by atoms with Crippen LogP contribution in [0.15, 0.2) is 41.4 Å². The third-order valence-corrected chi connectivity index (χ3v) is 8.10. The average Bonchev–Trinajstić information content (AvgIpc) is 2.88. The van der Waals surface area contributed by atoms with Gasteiger partial charge in [-0.2, -0.15) is 0 Å². The van der Waals surface area contributed by atoms with Crippen molar-refractivity contribution in [1.29, 1.82) is 0 Å². The van der Waals surface area contributed by atoms with Crippen LogP contribution >= 0.6 is 11.8 Å². The summed E-state index contributed by atoms with van der Waals surface area (Å²) in [7, 11) is 1.60. The number of fused-ring (bicyclic) bond motifs is 2. The van der Waals surface area contributed by atoms with Crippen molar-refractivity contribution in [2.75, 3.05) is 18.2 Å². The first-order valence-electron chi connectivity index (χ1n) is 12.0. The minimum absolute atomic E-state index is 0.00597. The number of halogens is 1. The normalized spacial score (nSPS) is 20.8. The molecule has 1 aliphatic heterocycles. The number of carbonyl (C=O) groups is 1. The molecule has 0 radical (unpaired) electrons. The molecule has 3 aromatic rings. The number of pyridine rings is 2. The summed E-state index contributed by atoms with van der Waals surface area (Å²) in [4.78, 5) is 21.5. The SMILES string of the molecule is COc1ccc2ncc(F)c(CC(N)C3CCC(NCc4ccc5c(n4)NC(=O)CS5)CC3)c2c1. The monoisotopic (exact) mass is 495 g/mol. The van der Waals surface area contributed by atoms with Crippen LogP contribution in [0.3, 0.4) is 0 Å². The number of ether oxygens (including phenoxy) is 1. The number of carbonyl (C=O) groups excluding carboxylic acids is 1. The molecule has 1 aromatic carbocycles. The summed E-state index contributed by atoms with van der Waals surface area (Å²) in [6.07, 6.45) is 5.79. The third kappa shape index (κ3) is 5.42. The lowest BCUT2D eigenvalue weighted by Gasteiger charge is -2.33. The molecule has 0 spiro atoms. The van der Waals surface area contributed by atoms with Crippen LogP contribution in [0.2, 0.25) is 0 Å². The topological polar surface area (TPSA) is 102 Å². The van der Waals surface area contributed by atoms with Crippen LogP contribution in [0.25, 0.3) is 10.9 Å². The quantitative estimate of drug-likeness (QED) is 0.455. The van der Waals surface area contributed by atoms with Crippen LogP contribution in [-0.2, 0) is 17.8 Å². The van der Waals surface area contributed by atoms with Gasteiger partial charge in [-0.15, -0.1) is 11.8 Å². The fourth-order valence-electron chi connectivity index (χ4n) is 5.04. The number of aromatic nitrogens is 2. The van der Waals surface area contributed by atoms with Crippen LogP contribution in [0.5, 0.6) is 5.75 Å². The van der Waals surface area contributed by atoms with E-state index in [1.54, 1.807) is 7.11 Å². The van der Waals surface area contributed by atoms with Gasteiger partial charge in [0.25, 0.3) is 0 Å². The minimum atomic E-state index is -0.316. The summed E-state index contributed by atoms with van der Waals surface area (Å²) >= 11 is 1.52. The molecule has 1 amide bonds. The molecule has 1 atom stereocenters. The lowest BCUT2D eigenvalue weighted by atomic mass is 9.79. The number of benzene rings is 1. The Morgan fingerprint density at radius 3 is 2.89 bits per heavy atom. The van der Waals surface area contributed by atoms with Gasteiger partial charge in [0.15, 0.2) is 0 Å². The predicted octanol–water partition coefficient (Wildman–Crippen LogP) is 4.04. The van der Waals surface area contributed by atoms with Crippen molar-refractivity contribution in [1.82, 2.24) is 15.3 Å². The number of rotatable bonds is 7. The molecular formula is C26H30FN5O2S. The van der Waals surface area contributed by atoms with Crippen LogP contribution in [0, 0.1) is 11.7 Å². The number of anilines is 1. The van der Waals surface area contributed by atoms with Gasteiger partial charge in [0.2, 0.25) is 5.91 Å². The number of nitrogens with zero attached hydrogens (tertiary/aromatic N) is 2. The van der Waals surface area contributed by atoms with Crippen LogP contribution in [0.4, 0.5) is 10.2 Å². The van der Waals surface area contributed by atoms with Crippen molar-refractivity contribution in [3.05, 3.63) is 53.6 Å². The van der Waals surface area contributed by atoms with Gasteiger partial charge in [-0.3, -0.25) is 9.78 Å². The molecular weight excluding hydrogens is 465 g/mol. The molecule has 35 heavy (non-hydrogen) atoms. The Morgan fingerprint density at radius 2 is 2.09 bits per heavy atom. The van der Waals surface area contributed by atoms with E-state index in [0.717, 1.165) is 47.2 Å². The molecule has 2 aliphatic rings. The first kappa shape index (κ1) is 24.0. The summed E-state index contributed by atoms with van der Waals surface area (Å²) in [5.41, 5.74) is 8.89. The van der Waals surface area contributed by atoms with E-state index in [1.165, 1.54) is 18.0 Å². The molecule has 3 heterocycles. The lowest BCUT2D eigenvalue weighted by molar-refractivity contribution is -0.113. The van der Waals surface area contributed by atoms with Crippen molar-refractivity contribution in [2.45, 2.75) is 55.6 Å². The molecule has 2 aromatic heterocycles. The second kappa shape index (κ2) is 10.5. The Bertz CT molecular complexity index is 1230. The second-order valence-corrected chi connectivity index (χ2v) is 10.3. The molecule has 7 nitrogen and oxygen atoms in total. The van der Waals surface area contributed by atoms with E-state index in [-0.39, 0.29) is 17.8 Å². The highest BCUT2D eigenvalue weighted by Gasteiger charge is 2.27. The Balaban J connectivity index is 1.16. The number of methoxy groups -OCH3 is 1. The summed E-state index contributed by atoms with van der Waals surface area (Å²) in [5.74, 6) is 1.80. The van der Waals surface area contributed by atoms with Gasteiger partial charge in [0.05, 0.1) is 35.2 Å². The van der Waals surface area contributed by atoms with Crippen LogP contribution in [0.1, 0.15) is 36.9 Å². The van der Waals surface area contributed by atoms with Gasteiger partial charge in [-0.1, -0.05) is 0 Å². The van der Waals surface area contributed by atoms with Gasteiger partial charge in [0.1, 0.15) is 17.4 Å². The highest BCUT2D eigenvalue weighted by Crippen LogP contribution is 2.32. The number of nitrogens with one attached hydrogen (secondary N) is 2. The minimum Gasteiger partial charge on any atom is -0.497 e. The molecule has 1 aliphatic carbocycles. The zero-order valence-corrected chi connectivity index (χ0v) is 20.5. The highest BCUT2D eigenvalue weighted by atomic mass is 32.2. The summed E-state index contributed by atoms with van der Waals surface area (Å²) in [6, 6.07) is 9.84. The van der Waals surface area contributed by atoms with Gasteiger partial charge in [-0.25, -0.2) is 9.37 Å². The van der Waals surface area contributed by atoms with Gasteiger partial charge >= 0.3 is 0 Å². The summed E-state index contributed by atoms with van der Waals surface area (Å²) in [5, 5.41) is 7.22. The number of hydrogen-bond acceptors (Lipinski definition) is 7. The molecule has 0 saturated heterocycles. The van der Waals surface area contributed by atoms with Gasteiger partial charge in [0, 0.05) is 29.6 Å². The van der Waals surface area contributed by atoms with E-state index in [9.17, 15) is 9.18 Å². The Kier molecular flexibility index (Phi) is 7.17. The predicted molar refractivity (Wildman–Crippen MR) is 136 cm³/mol. The maximum atomic E-state index is 14.7. The fraction of sp³-hybridized carbons (Fsp3) is 0.423. The van der Waals surface area contributed by atoms with Gasteiger partial charge in [-0.05, 0) is 68.4 Å². The van der Waals surface area contributed by atoms with Crippen molar-refractivity contribution < 1.29 is 13.9 Å². The molecule has 4 N–H and O–H groups in total. The first-order chi connectivity index (χ1) is 17.0. The molecule has 5 rings (SSSR count). The molecule has 9 heteroatoms. The van der Waals surface area contributed by atoms with Crippen molar-refractivity contribution >= 4 is 34.4 Å². The standard InChI is InChI=1S/C26H30FN5O2S/c1-34-18-7-8-23-20(10-18)19(21(27)13-30-23)11-22(28)15-2-4-16(5-3-15)29-12-17-6-9-24-26(31-17)32-25(33)14-35-24/h6-10,13,15-16,22,29H,2-5,11-12,14,28H2,1H3,(H,31,32,33). The summed E-state index contributed by atoms with van der Waals surface area (Å²) in [6.45, 7) is 0.658. The summed E-state index contributed by atoms with van der Waals surface area (Å²) < 4.78 is 20.1. The van der Waals surface area contributed by atoms with E-state index in [1.807, 2.05) is 30.3 Å². The van der Waals surface area contributed by atoms with Crippen LogP contribution in [-0.4, -0.2) is 40.8 Å². The number of thioether (sulfide) groups is 1. The molecule has 1 unspecified atom stereocenters. The maximum Gasteiger partial charge on any atom is 0.235 e. The Labute approximate surface area is 208 Å². The van der Waals surface area contributed by atoms with E-state index in [2.05, 4.69) is 20.6 Å². The maximum absolute atomic E-state index is 14.7. The van der Waals surface area contributed by atoms with E-state index >= 15 is 0 Å². The second-order valence-electron chi connectivity index (χ2n) is 9.31. The molecule has 1 fully saturated rings. The Hall–Kier alpha value is -2.75. The Morgan fingerprint density at radius 1 is 1.26 bits per heavy atom. The van der Waals surface area contributed by atoms with Crippen molar-refractivity contribution in [3.63, 3.8) is 0 Å². The fourth-order valence-corrected chi connectivity index (χ4v) is 5.80. The van der Waals surface area contributed by atoms with E-state index in [4.69, 9.17) is 10.5 Å². The van der Waals surface area contributed by atoms with Crippen molar-refractivity contribution in [3.8, 4) is 5.75 Å². The smallest absolute Gasteiger partial charge is 0.235 e. The zero-order valence-electron chi connectivity index (χ0n) is 19.7. The van der Waals surface area contributed by atoms with E-state index in [0.29, 0.717) is 47.8 Å². The zero-order chi connectivity index (χ0) is 24.4.